The minimum absolute atomic E-state index is 0.0450. The summed E-state index contributed by atoms with van der Waals surface area (Å²) in [7, 11) is -2.75. The molecule has 1 aliphatic heterocycles. The summed E-state index contributed by atoms with van der Waals surface area (Å²) < 4.78 is 36.1. The molecule has 0 radical (unpaired) electrons. The molecule has 2 N–H and O–H groups in total. The molecule has 0 aliphatic carbocycles. The van der Waals surface area contributed by atoms with Crippen molar-refractivity contribution in [2.24, 2.45) is 0 Å². The number of thiol groups is 1. The zero-order chi connectivity index (χ0) is 24.5. The largest absolute Gasteiger partial charge is 0.419 e. The molecule has 1 saturated heterocycles. The Labute approximate surface area is 207 Å². The van der Waals surface area contributed by atoms with Crippen molar-refractivity contribution >= 4 is 33.4 Å². The molecule has 0 spiro atoms. The molecule has 11 nitrogen and oxygen atoms in total. The van der Waals surface area contributed by atoms with Gasteiger partial charge < -0.3 is 9.15 Å². The van der Waals surface area contributed by atoms with Crippen molar-refractivity contribution in [1.29, 1.82) is 0 Å². The maximum absolute atomic E-state index is 10.9. The predicted molar refractivity (Wildman–Crippen MR) is 130 cm³/mol. The molecule has 5 rings (SSSR count). The van der Waals surface area contributed by atoms with Crippen molar-refractivity contribution in [2.75, 3.05) is 13.1 Å². The van der Waals surface area contributed by atoms with Gasteiger partial charge >= 0.3 is 0 Å². The average molecular weight is 518 g/mol. The number of rotatable bonds is 7. The van der Waals surface area contributed by atoms with Gasteiger partial charge in [0, 0.05) is 42.3 Å². The van der Waals surface area contributed by atoms with E-state index in [9.17, 15) is 8.42 Å². The van der Waals surface area contributed by atoms with E-state index in [1.165, 1.54) is 0 Å². The second-order valence-electron chi connectivity index (χ2n) is 8.57. The summed E-state index contributed by atoms with van der Waals surface area (Å²) in [4.78, 5) is 6.46. The smallest absolute Gasteiger partial charge is 0.248 e. The monoisotopic (exact) mass is 517 g/mol. The van der Waals surface area contributed by atoms with E-state index >= 15 is 0 Å². The van der Waals surface area contributed by atoms with E-state index in [4.69, 9.17) is 20.8 Å². The first-order valence-electron chi connectivity index (χ1n) is 11.1. The first kappa shape index (κ1) is 23.8. The van der Waals surface area contributed by atoms with Gasteiger partial charge in [-0.05, 0) is 37.6 Å². The molecule has 13 heteroatoms. The molecule has 0 amide bonds. The third-order valence-corrected chi connectivity index (χ3v) is 6.51. The number of hydrogen-bond donors (Lipinski definition) is 3. The molecule has 1 aromatic carbocycles. The Kier molecular flexibility index (Phi) is 6.80. The summed E-state index contributed by atoms with van der Waals surface area (Å²) >= 11 is 6.16. The van der Waals surface area contributed by atoms with Crippen LogP contribution < -0.4 is 4.72 Å². The van der Waals surface area contributed by atoms with Gasteiger partial charge in [-0.2, -0.15) is 5.10 Å². The fourth-order valence-corrected chi connectivity index (χ4v) is 4.82. The van der Waals surface area contributed by atoms with E-state index < -0.39 is 10.9 Å². The van der Waals surface area contributed by atoms with E-state index in [2.05, 4.69) is 48.8 Å². The van der Waals surface area contributed by atoms with Crippen LogP contribution in [-0.4, -0.2) is 64.0 Å². The molecular formula is C22H24ClN7O4S. The second kappa shape index (κ2) is 9.99. The Balaban J connectivity index is 1.47. The maximum atomic E-state index is 10.9. The van der Waals surface area contributed by atoms with Gasteiger partial charge in [0.05, 0.1) is 36.0 Å². The van der Waals surface area contributed by atoms with Crippen molar-refractivity contribution < 1.29 is 17.6 Å². The van der Waals surface area contributed by atoms with Crippen LogP contribution in [0.2, 0.25) is 5.15 Å². The van der Waals surface area contributed by atoms with Gasteiger partial charge in [0.25, 0.3) is 0 Å². The molecule has 0 bridgehead atoms. The number of fused-ring (bicyclic) bond motifs is 1. The molecule has 4 aromatic rings. The number of ether oxygens (including phenoxy) is 1. The molecular weight excluding hydrogens is 494 g/mol. The first-order chi connectivity index (χ1) is 16.9. The van der Waals surface area contributed by atoms with Gasteiger partial charge in [-0.15, -0.1) is 10.2 Å². The second-order valence-corrected chi connectivity index (χ2v) is 9.76. The SMILES string of the molecule is C[C@@H]1CN(Cc2nnc(-c3cc(-c4cnc(Cl)c(CN[SH](=O)=O)c4)cc4[nH]ncc34)o2)C[C@H](C)O1. The molecule has 2 atom stereocenters. The fraction of sp³-hybridized carbons (Fsp3) is 0.364. The Morgan fingerprint density at radius 3 is 2.71 bits per heavy atom. The third kappa shape index (κ3) is 5.36. The molecule has 0 unspecified atom stereocenters. The van der Waals surface area contributed by atoms with E-state index in [1.54, 1.807) is 18.5 Å². The summed E-state index contributed by atoms with van der Waals surface area (Å²) in [5.41, 5.74) is 3.63. The minimum Gasteiger partial charge on any atom is -0.419 e. The van der Waals surface area contributed by atoms with Crippen LogP contribution in [0.4, 0.5) is 0 Å². The van der Waals surface area contributed by atoms with Gasteiger partial charge in [0.15, 0.2) is 0 Å². The third-order valence-electron chi connectivity index (χ3n) is 5.75. The van der Waals surface area contributed by atoms with Crippen LogP contribution in [0.1, 0.15) is 25.3 Å². The van der Waals surface area contributed by atoms with Crippen molar-refractivity contribution in [1.82, 2.24) is 35.0 Å². The molecule has 0 saturated carbocycles. The number of nitrogens with zero attached hydrogens (tertiary/aromatic N) is 5. The standard InChI is InChI=1S/C22H24ClN7O4S/c1-12-9-30(10-13(2)33-12)11-20-28-29-22(34-20)17-4-14(5-19-18(17)8-25-27-19)15-3-16(7-26-35(31)32)21(23)24-6-15/h3-6,8,12-13,35H,7,9-11H2,1-2H3,(H,25,27)(H,26,31,32)/t12-,13+. The van der Waals surface area contributed by atoms with Crippen LogP contribution >= 0.6 is 11.6 Å². The summed E-state index contributed by atoms with van der Waals surface area (Å²) in [5.74, 6) is 0.909. The number of halogens is 1. The predicted octanol–water partition coefficient (Wildman–Crippen LogP) is 2.55. The van der Waals surface area contributed by atoms with Crippen LogP contribution in [0.15, 0.2) is 35.0 Å². The number of H-pyrrole nitrogens is 1. The topological polar surface area (TPSA) is 139 Å². The van der Waals surface area contributed by atoms with Gasteiger partial charge in [-0.3, -0.25) is 10.00 Å². The number of pyridine rings is 1. The molecule has 3 aromatic heterocycles. The number of nitrogens with one attached hydrogen (secondary N) is 2. The first-order valence-corrected chi connectivity index (χ1v) is 12.6. The van der Waals surface area contributed by atoms with Crippen molar-refractivity contribution in [3.8, 4) is 22.6 Å². The van der Waals surface area contributed by atoms with Gasteiger partial charge in [-0.25, -0.2) is 18.1 Å². The fourth-order valence-electron chi connectivity index (χ4n) is 4.35. The molecule has 1 aliphatic rings. The molecule has 1 fully saturated rings. The highest BCUT2D eigenvalue weighted by Crippen LogP contribution is 2.33. The van der Waals surface area contributed by atoms with Gasteiger partial charge in [-0.1, -0.05) is 11.6 Å². The Bertz CT molecular complexity index is 1420. The van der Waals surface area contributed by atoms with Crippen molar-refractivity contribution in [3.05, 3.63) is 47.2 Å². The Hall–Kier alpha value is -2.90. The Morgan fingerprint density at radius 2 is 1.94 bits per heavy atom. The lowest BCUT2D eigenvalue weighted by Crippen LogP contribution is -2.44. The number of benzene rings is 1. The lowest BCUT2D eigenvalue weighted by Gasteiger charge is -2.34. The maximum Gasteiger partial charge on any atom is 0.248 e. The quantitative estimate of drug-likeness (QED) is 0.249. The highest BCUT2D eigenvalue weighted by molar-refractivity contribution is 7.70. The highest BCUT2D eigenvalue weighted by Gasteiger charge is 2.24. The minimum atomic E-state index is -2.75. The van der Waals surface area contributed by atoms with Gasteiger partial charge in [0.1, 0.15) is 5.15 Å². The number of aromatic nitrogens is 5. The Morgan fingerprint density at radius 1 is 1.14 bits per heavy atom. The van der Waals surface area contributed by atoms with Crippen LogP contribution in [0.3, 0.4) is 0 Å². The van der Waals surface area contributed by atoms with Crippen LogP contribution in [0.25, 0.3) is 33.5 Å². The molecule has 35 heavy (non-hydrogen) atoms. The van der Waals surface area contributed by atoms with E-state index in [0.29, 0.717) is 23.9 Å². The number of hydrogen-bond acceptors (Lipinski definition) is 9. The van der Waals surface area contributed by atoms with E-state index in [0.717, 1.165) is 40.7 Å². The molecule has 4 heterocycles. The van der Waals surface area contributed by atoms with Gasteiger partial charge in [0.2, 0.25) is 22.7 Å². The van der Waals surface area contributed by atoms with E-state index in [-0.39, 0.29) is 23.9 Å². The normalized spacial score (nSPS) is 19.1. The number of aromatic amines is 1. The summed E-state index contributed by atoms with van der Waals surface area (Å²) in [6, 6.07) is 5.64. The highest BCUT2D eigenvalue weighted by atomic mass is 35.5. The van der Waals surface area contributed by atoms with Crippen LogP contribution in [0.5, 0.6) is 0 Å². The lowest BCUT2D eigenvalue weighted by atomic mass is 10.0. The zero-order valence-electron chi connectivity index (χ0n) is 19.1. The summed E-state index contributed by atoms with van der Waals surface area (Å²) in [6.45, 7) is 6.28. The number of morpholine rings is 1. The average Bonchev–Trinajstić information content (AvgIpc) is 3.46. The summed E-state index contributed by atoms with van der Waals surface area (Å²) in [6.07, 6.45) is 3.63. The van der Waals surface area contributed by atoms with E-state index in [1.807, 2.05) is 12.1 Å². The zero-order valence-corrected chi connectivity index (χ0v) is 20.7. The lowest BCUT2D eigenvalue weighted by molar-refractivity contribution is -0.0721. The van der Waals surface area contributed by atoms with Crippen molar-refractivity contribution in [2.45, 2.75) is 39.1 Å². The van der Waals surface area contributed by atoms with Crippen LogP contribution in [-0.2, 0) is 28.7 Å². The van der Waals surface area contributed by atoms with Crippen molar-refractivity contribution in [3.63, 3.8) is 0 Å². The van der Waals surface area contributed by atoms with Crippen LogP contribution in [0, 0.1) is 0 Å². The molecule has 184 valence electrons. The summed E-state index contributed by atoms with van der Waals surface area (Å²) in [5, 5.41) is 16.8.